The van der Waals surface area contributed by atoms with E-state index >= 15 is 0 Å². The standard InChI is InChI=1S/C27H46O2/c1-19(2)10-7-11-20(3)12-8-13-21(4)14-9-15-24-17-25-18-26(28)16-22(5)27(25)29-23(24)6/h16,18-21,23-24,28H,7-15,17H2,1-6H3. The number of phenols is 1. The van der Waals surface area contributed by atoms with Gasteiger partial charge in [-0.05, 0) is 73.6 Å². The number of benzene rings is 1. The van der Waals surface area contributed by atoms with Crippen LogP contribution in [0.15, 0.2) is 12.1 Å². The summed E-state index contributed by atoms with van der Waals surface area (Å²) < 4.78 is 6.21. The molecule has 1 N–H and O–H groups in total. The quantitative estimate of drug-likeness (QED) is 0.383. The summed E-state index contributed by atoms with van der Waals surface area (Å²) in [5.74, 6) is 4.50. The molecule has 0 amide bonds. The van der Waals surface area contributed by atoms with Crippen LogP contribution >= 0.6 is 0 Å². The van der Waals surface area contributed by atoms with Crippen LogP contribution in [-0.2, 0) is 6.42 Å². The van der Waals surface area contributed by atoms with Gasteiger partial charge in [0, 0.05) is 0 Å². The Bertz CT molecular complexity index is 607. The summed E-state index contributed by atoms with van der Waals surface area (Å²) in [6.45, 7) is 13.8. The monoisotopic (exact) mass is 402 g/mol. The predicted molar refractivity (Wildman–Crippen MR) is 125 cm³/mol. The third-order valence-corrected chi connectivity index (χ3v) is 6.93. The third-order valence-electron chi connectivity index (χ3n) is 6.93. The highest BCUT2D eigenvalue weighted by Crippen LogP contribution is 2.38. The Kier molecular flexibility index (Phi) is 9.86. The zero-order valence-corrected chi connectivity index (χ0v) is 20.0. The average Bonchev–Trinajstić information content (AvgIpc) is 2.62. The number of aryl methyl sites for hydroxylation is 1. The van der Waals surface area contributed by atoms with Crippen molar-refractivity contribution in [1.29, 1.82) is 0 Å². The predicted octanol–water partition coefficient (Wildman–Crippen LogP) is 8.08. The topological polar surface area (TPSA) is 29.5 Å². The molecular formula is C27H46O2. The van der Waals surface area contributed by atoms with E-state index in [0.29, 0.717) is 11.7 Å². The second-order valence-electron chi connectivity index (χ2n) is 10.4. The van der Waals surface area contributed by atoms with E-state index in [9.17, 15) is 5.11 Å². The van der Waals surface area contributed by atoms with Crippen LogP contribution in [0, 0.1) is 30.6 Å². The number of aromatic hydroxyl groups is 1. The molecule has 4 unspecified atom stereocenters. The van der Waals surface area contributed by atoms with Gasteiger partial charge >= 0.3 is 0 Å². The van der Waals surface area contributed by atoms with Gasteiger partial charge in [0.1, 0.15) is 11.5 Å². The summed E-state index contributed by atoms with van der Waals surface area (Å²) in [4.78, 5) is 0. The fourth-order valence-corrected chi connectivity index (χ4v) is 4.92. The summed E-state index contributed by atoms with van der Waals surface area (Å²) in [6.07, 6.45) is 13.5. The number of hydrogen-bond acceptors (Lipinski definition) is 2. The molecule has 0 aliphatic carbocycles. The van der Waals surface area contributed by atoms with Crippen molar-refractivity contribution in [3.63, 3.8) is 0 Å². The van der Waals surface area contributed by atoms with Gasteiger partial charge in [0.25, 0.3) is 0 Å². The van der Waals surface area contributed by atoms with E-state index in [1.54, 1.807) is 6.07 Å². The zero-order valence-electron chi connectivity index (χ0n) is 20.0. The Morgan fingerprint density at radius 2 is 1.52 bits per heavy atom. The summed E-state index contributed by atoms with van der Waals surface area (Å²) in [6, 6.07) is 3.70. The van der Waals surface area contributed by atoms with Gasteiger partial charge in [-0.3, -0.25) is 0 Å². The van der Waals surface area contributed by atoms with E-state index in [0.717, 1.165) is 35.5 Å². The molecule has 1 heterocycles. The molecule has 0 radical (unpaired) electrons. The van der Waals surface area contributed by atoms with Crippen LogP contribution in [0.2, 0.25) is 0 Å². The maximum absolute atomic E-state index is 9.91. The zero-order chi connectivity index (χ0) is 21.4. The second-order valence-corrected chi connectivity index (χ2v) is 10.4. The highest BCUT2D eigenvalue weighted by molar-refractivity contribution is 5.47. The first-order valence-corrected chi connectivity index (χ1v) is 12.2. The summed E-state index contributed by atoms with van der Waals surface area (Å²) in [5.41, 5.74) is 2.24. The molecule has 0 aromatic heterocycles. The molecule has 2 nitrogen and oxygen atoms in total. The highest BCUT2D eigenvalue weighted by atomic mass is 16.5. The molecule has 4 atom stereocenters. The van der Waals surface area contributed by atoms with E-state index < -0.39 is 0 Å². The molecule has 0 bridgehead atoms. The van der Waals surface area contributed by atoms with E-state index in [-0.39, 0.29) is 6.10 Å². The molecule has 0 saturated heterocycles. The van der Waals surface area contributed by atoms with Crippen molar-refractivity contribution in [1.82, 2.24) is 0 Å². The molecule has 2 rings (SSSR count). The molecule has 2 heteroatoms. The van der Waals surface area contributed by atoms with Gasteiger partial charge < -0.3 is 9.84 Å². The summed E-state index contributed by atoms with van der Waals surface area (Å²) >= 11 is 0. The lowest BCUT2D eigenvalue weighted by Gasteiger charge is -2.33. The van der Waals surface area contributed by atoms with Gasteiger partial charge in [-0.25, -0.2) is 0 Å². The van der Waals surface area contributed by atoms with Crippen LogP contribution in [0.3, 0.4) is 0 Å². The minimum Gasteiger partial charge on any atom is -0.508 e. The number of rotatable bonds is 12. The fraction of sp³-hybridized carbons (Fsp3) is 0.778. The first-order chi connectivity index (χ1) is 13.8. The lowest BCUT2D eigenvalue weighted by atomic mass is 9.85. The molecule has 166 valence electrons. The Morgan fingerprint density at radius 1 is 0.931 bits per heavy atom. The lowest BCUT2D eigenvalue weighted by Crippen LogP contribution is -2.30. The summed E-state index contributed by atoms with van der Waals surface area (Å²) in [7, 11) is 0. The van der Waals surface area contributed by atoms with Gasteiger partial charge in [0.2, 0.25) is 0 Å². The number of fused-ring (bicyclic) bond motifs is 1. The van der Waals surface area contributed by atoms with Crippen molar-refractivity contribution in [2.75, 3.05) is 0 Å². The number of ether oxygens (including phenoxy) is 1. The van der Waals surface area contributed by atoms with Crippen LogP contribution in [0.4, 0.5) is 0 Å². The molecule has 0 fully saturated rings. The van der Waals surface area contributed by atoms with Gasteiger partial charge in [-0.2, -0.15) is 0 Å². The van der Waals surface area contributed by atoms with Crippen molar-refractivity contribution in [2.24, 2.45) is 23.7 Å². The average molecular weight is 403 g/mol. The minimum atomic E-state index is 0.271. The van der Waals surface area contributed by atoms with Crippen LogP contribution in [-0.4, -0.2) is 11.2 Å². The smallest absolute Gasteiger partial charge is 0.126 e. The maximum Gasteiger partial charge on any atom is 0.126 e. The first-order valence-electron chi connectivity index (χ1n) is 12.2. The Balaban J connectivity index is 1.64. The van der Waals surface area contributed by atoms with Gasteiger partial charge in [-0.15, -0.1) is 0 Å². The molecule has 1 aliphatic heterocycles. The molecule has 0 spiro atoms. The molecular weight excluding hydrogens is 356 g/mol. The maximum atomic E-state index is 9.91. The Morgan fingerprint density at radius 3 is 2.14 bits per heavy atom. The highest BCUT2D eigenvalue weighted by Gasteiger charge is 2.28. The van der Waals surface area contributed by atoms with Crippen molar-refractivity contribution in [3.05, 3.63) is 23.3 Å². The fourth-order valence-electron chi connectivity index (χ4n) is 4.92. The normalized spacial score (nSPS) is 20.9. The van der Waals surface area contributed by atoms with E-state index in [1.807, 2.05) is 13.0 Å². The van der Waals surface area contributed by atoms with Crippen molar-refractivity contribution < 1.29 is 9.84 Å². The van der Waals surface area contributed by atoms with Crippen LogP contribution in [0.1, 0.15) is 104 Å². The van der Waals surface area contributed by atoms with Crippen molar-refractivity contribution in [2.45, 2.75) is 112 Å². The number of hydrogen-bond donors (Lipinski definition) is 1. The van der Waals surface area contributed by atoms with Gasteiger partial charge in [0.05, 0.1) is 6.10 Å². The van der Waals surface area contributed by atoms with Crippen LogP contribution < -0.4 is 4.74 Å². The lowest BCUT2D eigenvalue weighted by molar-refractivity contribution is 0.119. The van der Waals surface area contributed by atoms with Crippen molar-refractivity contribution >= 4 is 0 Å². The van der Waals surface area contributed by atoms with E-state index in [1.165, 1.54) is 63.4 Å². The SMILES string of the molecule is Cc1cc(O)cc2c1OC(C)C(CCCC(C)CCCC(C)CCCC(C)C)C2. The molecule has 1 aliphatic rings. The first kappa shape index (κ1) is 24.1. The Hall–Kier alpha value is -1.18. The van der Waals surface area contributed by atoms with Crippen LogP contribution in [0.5, 0.6) is 11.5 Å². The van der Waals surface area contributed by atoms with E-state index in [2.05, 4.69) is 34.6 Å². The third kappa shape index (κ3) is 8.22. The summed E-state index contributed by atoms with van der Waals surface area (Å²) in [5, 5.41) is 9.91. The molecule has 0 saturated carbocycles. The van der Waals surface area contributed by atoms with Crippen molar-refractivity contribution in [3.8, 4) is 11.5 Å². The minimum absolute atomic E-state index is 0.271. The molecule has 1 aromatic rings. The van der Waals surface area contributed by atoms with Gasteiger partial charge in [0.15, 0.2) is 0 Å². The molecule has 29 heavy (non-hydrogen) atoms. The second kappa shape index (κ2) is 11.9. The largest absolute Gasteiger partial charge is 0.508 e. The van der Waals surface area contributed by atoms with Gasteiger partial charge in [-0.1, -0.05) is 79.1 Å². The van der Waals surface area contributed by atoms with E-state index in [4.69, 9.17) is 4.74 Å². The van der Waals surface area contributed by atoms with Crippen LogP contribution in [0.25, 0.3) is 0 Å². The Labute approximate surface area is 180 Å². The molecule has 1 aromatic carbocycles. The number of phenolic OH excluding ortho intramolecular Hbond substituents is 1.